The Bertz CT molecular complexity index is 1620. The Morgan fingerprint density at radius 1 is 1.30 bits per heavy atom. The number of likely N-dealkylation sites (tertiary alicyclic amines) is 1. The van der Waals surface area contributed by atoms with Crippen LogP contribution in [0.25, 0.3) is 10.9 Å². The lowest BCUT2D eigenvalue weighted by Gasteiger charge is -2.43. The highest BCUT2D eigenvalue weighted by atomic mass is 32.2. The topological polar surface area (TPSA) is 153 Å². The first-order chi connectivity index (χ1) is 18.7. The average molecular weight is 574 g/mol. The monoisotopic (exact) mass is 573 g/mol. The molecule has 1 aliphatic rings. The minimum absolute atomic E-state index is 0.0566. The van der Waals surface area contributed by atoms with Crippen molar-refractivity contribution >= 4 is 38.5 Å². The lowest BCUT2D eigenvalue weighted by Crippen LogP contribution is -2.56. The number of hydrogen-bond donors (Lipinski definition) is 2. The van der Waals surface area contributed by atoms with Gasteiger partial charge in [0.05, 0.1) is 29.4 Å². The second-order valence-electron chi connectivity index (χ2n) is 10.8. The van der Waals surface area contributed by atoms with Gasteiger partial charge in [0.2, 0.25) is 10.0 Å². The number of carbonyl (C=O) groups excluding carboxylic acids is 1. The van der Waals surface area contributed by atoms with Crippen LogP contribution in [-0.4, -0.2) is 77.4 Å². The van der Waals surface area contributed by atoms with Crippen molar-refractivity contribution in [2.24, 2.45) is 0 Å². The fourth-order valence-electron chi connectivity index (χ4n) is 4.64. The van der Waals surface area contributed by atoms with Crippen molar-refractivity contribution in [1.82, 2.24) is 24.0 Å². The zero-order valence-corrected chi connectivity index (χ0v) is 23.7. The van der Waals surface area contributed by atoms with Gasteiger partial charge in [-0.1, -0.05) is 0 Å². The Hall–Kier alpha value is -3.96. The van der Waals surface area contributed by atoms with Crippen LogP contribution in [0, 0.1) is 11.3 Å². The molecule has 214 valence electrons. The maximum atomic E-state index is 16.1. The summed E-state index contributed by atoms with van der Waals surface area (Å²) in [5.74, 6) is 0.110. The number of halogens is 1. The first-order valence-electron chi connectivity index (χ1n) is 12.6. The van der Waals surface area contributed by atoms with Crippen LogP contribution in [-0.2, 0) is 20.3 Å². The third-order valence-electron chi connectivity index (χ3n) is 6.74. The molecule has 4 rings (SSSR count). The molecule has 0 aliphatic carbocycles. The van der Waals surface area contributed by atoms with E-state index in [4.69, 9.17) is 4.74 Å². The molecule has 3 aromatic rings. The molecule has 0 unspecified atom stereocenters. The van der Waals surface area contributed by atoms with Gasteiger partial charge in [-0.25, -0.2) is 21.9 Å². The molecule has 0 saturated carbocycles. The minimum Gasteiger partial charge on any atom is -0.444 e. The van der Waals surface area contributed by atoms with Crippen molar-refractivity contribution in [3.05, 3.63) is 46.9 Å². The predicted molar refractivity (Wildman–Crippen MR) is 146 cm³/mol. The van der Waals surface area contributed by atoms with Crippen LogP contribution in [0.3, 0.4) is 0 Å². The van der Waals surface area contributed by atoms with Crippen molar-refractivity contribution in [3.63, 3.8) is 0 Å². The number of nitrogens with zero attached hydrogens (tertiary/aromatic N) is 5. The number of aromatic nitrogens is 3. The summed E-state index contributed by atoms with van der Waals surface area (Å²) < 4.78 is 48.8. The molecular weight excluding hydrogens is 541 g/mol. The number of pyridine rings is 1. The van der Waals surface area contributed by atoms with Crippen LogP contribution in [0.5, 0.6) is 0 Å². The zero-order valence-electron chi connectivity index (χ0n) is 22.9. The molecule has 14 heteroatoms. The summed E-state index contributed by atoms with van der Waals surface area (Å²) in [4.78, 5) is 29.5. The molecule has 2 atom stereocenters. The normalized spacial score (nSPS) is 19.9. The number of anilines is 2. The maximum Gasteiger partial charge on any atom is 0.410 e. The van der Waals surface area contributed by atoms with Gasteiger partial charge in [0, 0.05) is 32.5 Å². The first-order valence-corrected chi connectivity index (χ1v) is 14.0. The van der Waals surface area contributed by atoms with Gasteiger partial charge < -0.3 is 19.9 Å². The molecule has 1 amide bonds. The number of amides is 1. The number of carbonyl (C=O) groups is 1. The van der Waals surface area contributed by atoms with Crippen molar-refractivity contribution in [2.45, 2.75) is 55.8 Å². The number of H-pyrrole nitrogens is 1. The van der Waals surface area contributed by atoms with Gasteiger partial charge in [0.15, 0.2) is 5.82 Å². The highest BCUT2D eigenvalue weighted by Gasteiger charge is 2.48. The third kappa shape index (κ3) is 5.39. The van der Waals surface area contributed by atoms with Gasteiger partial charge in [0.25, 0.3) is 5.56 Å². The SMILES string of the molecule is CN(C)S(=O)(=O)c1ccc(Nc2nn([C@@]3(CC#N)CCN(C(=O)OC(C)(C)C)C[C@H]3F)c3cc[nH]c(=O)c23)cc1. The highest BCUT2D eigenvalue weighted by Crippen LogP contribution is 2.39. The number of benzene rings is 1. The summed E-state index contributed by atoms with van der Waals surface area (Å²) in [6.07, 6.45) is -1.13. The van der Waals surface area contributed by atoms with Crippen LogP contribution in [0.15, 0.2) is 46.2 Å². The van der Waals surface area contributed by atoms with E-state index in [0.29, 0.717) is 11.2 Å². The molecule has 12 nitrogen and oxygen atoms in total. The van der Waals surface area contributed by atoms with Crippen molar-refractivity contribution in [3.8, 4) is 6.07 Å². The van der Waals surface area contributed by atoms with Gasteiger partial charge in [-0.15, -0.1) is 0 Å². The Morgan fingerprint density at radius 3 is 2.55 bits per heavy atom. The number of sulfonamides is 1. The van der Waals surface area contributed by atoms with E-state index >= 15 is 4.39 Å². The molecule has 1 aliphatic heterocycles. The zero-order chi connectivity index (χ0) is 29.5. The number of nitrogens with one attached hydrogen (secondary N) is 2. The van der Waals surface area contributed by atoms with E-state index in [1.54, 1.807) is 26.8 Å². The first kappa shape index (κ1) is 29.0. The number of alkyl halides is 1. The van der Waals surface area contributed by atoms with Crippen LogP contribution in [0.1, 0.15) is 33.6 Å². The average Bonchev–Trinajstić information content (AvgIpc) is 3.24. The van der Waals surface area contributed by atoms with Crippen molar-refractivity contribution in [1.29, 1.82) is 5.26 Å². The van der Waals surface area contributed by atoms with Crippen LogP contribution in [0.4, 0.5) is 20.7 Å². The summed E-state index contributed by atoms with van der Waals surface area (Å²) >= 11 is 0. The lowest BCUT2D eigenvalue weighted by atomic mass is 9.83. The van der Waals surface area contributed by atoms with E-state index in [0.717, 1.165) is 4.31 Å². The number of fused-ring (bicyclic) bond motifs is 1. The Morgan fingerprint density at radius 2 is 1.98 bits per heavy atom. The number of aromatic amines is 1. The number of nitriles is 1. The summed E-state index contributed by atoms with van der Waals surface area (Å²) in [6, 6.07) is 9.53. The largest absolute Gasteiger partial charge is 0.444 e. The van der Waals surface area contributed by atoms with E-state index < -0.39 is 39.0 Å². The van der Waals surface area contributed by atoms with E-state index in [-0.39, 0.29) is 42.0 Å². The molecular formula is C26H32FN7O5S. The van der Waals surface area contributed by atoms with Crippen LogP contribution < -0.4 is 10.9 Å². The van der Waals surface area contributed by atoms with Crippen LogP contribution >= 0.6 is 0 Å². The maximum absolute atomic E-state index is 16.1. The van der Waals surface area contributed by atoms with Gasteiger partial charge in [-0.3, -0.25) is 9.48 Å². The summed E-state index contributed by atoms with van der Waals surface area (Å²) in [7, 11) is -0.778. The molecule has 0 spiro atoms. The molecule has 2 aromatic heterocycles. The van der Waals surface area contributed by atoms with Gasteiger partial charge in [-0.05, 0) is 57.5 Å². The molecule has 3 heterocycles. The van der Waals surface area contributed by atoms with Gasteiger partial charge in [0.1, 0.15) is 22.7 Å². The molecule has 1 saturated heterocycles. The molecule has 0 radical (unpaired) electrons. The molecule has 1 fully saturated rings. The highest BCUT2D eigenvalue weighted by molar-refractivity contribution is 7.89. The smallest absolute Gasteiger partial charge is 0.410 e. The van der Waals surface area contributed by atoms with Crippen LogP contribution in [0.2, 0.25) is 0 Å². The number of rotatable bonds is 6. The van der Waals surface area contributed by atoms with E-state index in [9.17, 15) is 23.3 Å². The minimum atomic E-state index is -3.64. The van der Waals surface area contributed by atoms with E-state index in [2.05, 4.69) is 21.5 Å². The fraction of sp³-hybridized carbons (Fsp3) is 0.462. The number of piperidine rings is 1. The second-order valence-corrected chi connectivity index (χ2v) is 13.0. The summed E-state index contributed by atoms with van der Waals surface area (Å²) in [5.41, 5.74) is -1.94. The van der Waals surface area contributed by atoms with E-state index in [1.807, 2.05) is 0 Å². The molecule has 0 bridgehead atoms. The molecule has 1 aromatic carbocycles. The fourth-order valence-corrected chi connectivity index (χ4v) is 5.55. The van der Waals surface area contributed by atoms with Gasteiger partial charge >= 0.3 is 6.09 Å². The Balaban J connectivity index is 1.73. The summed E-state index contributed by atoms with van der Waals surface area (Å²) in [5, 5.41) is 17.4. The predicted octanol–water partition coefficient (Wildman–Crippen LogP) is 3.31. The quantitative estimate of drug-likeness (QED) is 0.455. The molecule has 2 N–H and O–H groups in total. The number of hydrogen-bond acceptors (Lipinski definition) is 8. The van der Waals surface area contributed by atoms with Crippen molar-refractivity contribution < 1.29 is 22.3 Å². The second kappa shape index (κ2) is 10.5. The number of ether oxygens (including phenoxy) is 1. The Kier molecular flexibility index (Phi) is 7.66. The third-order valence-corrected chi connectivity index (χ3v) is 8.57. The van der Waals surface area contributed by atoms with Crippen molar-refractivity contribution in [2.75, 3.05) is 32.5 Å². The molecule has 40 heavy (non-hydrogen) atoms. The van der Waals surface area contributed by atoms with Gasteiger partial charge in [-0.2, -0.15) is 10.4 Å². The summed E-state index contributed by atoms with van der Waals surface area (Å²) in [6.45, 7) is 4.97. The standard InChI is InChI=1S/C26H32FN7O5S/c1-25(2,3)39-24(36)33-15-12-26(11-13-28,20(27)16-33)34-19-10-14-29-23(35)21(19)22(31-34)30-17-6-8-18(9-7-17)40(37,38)32(4)5/h6-10,14,20H,11-12,15-16H2,1-5H3,(H,29,35)(H,30,31)/t20-,26+/m1/s1. The van der Waals surface area contributed by atoms with E-state index in [1.165, 1.54) is 54.1 Å². The Labute approximate surface area is 231 Å². The lowest BCUT2D eigenvalue weighted by molar-refractivity contribution is -0.0166.